The number of hydrogen-bond donors (Lipinski definition) is 23. The fraction of sp³-hybridized carbons (Fsp3) is 0.917. The minimum atomic E-state index is -6.13. The monoisotopic (exact) mass is 1590 g/mol. The van der Waals surface area contributed by atoms with Crippen LogP contribution in [0.2, 0.25) is 0 Å². The molecule has 6 fully saturated rings. The summed E-state index contributed by atoms with van der Waals surface area (Å²) in [4.78, 5) is 37.7. The fourth-order valence-electron chi connectivity index (χ4n) is 10.0. The predicted molar refractivity (Wildman–Crippen MR) is 280 cm³/mol. The lowest BCUT2D eigenvalue weighted by atomic mass is 9.94. The van der Waals surface area contributed by atoms with Gasteiger partial charge in [0.05, 0.1) is 19.8 Å². The fourth-order valence-corrected chi connectivity index (χ4v) is 13.2. The van der Waals surface area contributed by atoms with Crippen molar-refractivity contribution in [2.45, 2.75) is 184 Å². The summed E-state index contributed by atoms with van der Waals surface area (Å²) in [6, 6.07) is -8.32. The molecule has 0 amide bonds. The van der Waals surface area contributed by atoms with Gasteiger partial charge in [0.15, 0.2) is 62.2 Å². The first-order valence-corrected chi connectivity index (χ1v) is 35.8. The van der Waals surface area contributed by atoms with Gasteiger partial charge >= 0.3 is 90.4 Å². The van der Waals surface area contributed by atoms with Gasteiger partial charge in [-0.3, -0.25) is 31.9 Å². The van der Waals surface area contributed by atoms with Gasteiger partial charge in [0.2, 0.25) is 0 Å². The second kappa shape index (κ2) is 31.9. The van der Waals surface area contributed by atoms with Gasteiger partial charge in [-0.05, 0) is 0 Å². The van der Waals surface area contributed by atoms with Gasteiger partial charge < -0.3 is 118 Å². The average molecular weight is 1590 g/mol. The van der Waals surface area contributed by atoms with Gasteiger partial charge in [-0.2, -0.15) is 73.1 Å². The minimum absolute atomic E-state index is 1.20. The van der Waals surface area contributed by atoms with Crippen LogP contribution in [0.25, 0.3) is 0 Å². The Balaban J connectivity index is 1.34. The van der Waals surface area contributed by atoms with Crippen LogP contribution in [0.5, 0.6) is 0 Å². The largest absolute Gasteiger partial charge is 0.479 e. The van der Waals surface area contributed by atoms with Crippen molar-refractivity contribution < 1.29 is 240 Å². The second-order valence-corrected chi connectivity index (χ2v) is 28.7. The number of ether oxygens (including phenoxy) is 11. The van der Waals surface area contributed by atoms with Gasteiger partial charge in [-0.15, -0.1) is 0 Å². The highest BCUT2D eigenvalue weighted by Crippen LogP contribution is 2.39. The molecule has 0 unspecified atom stereocenters. The highest BCUT2D eigenvalue weighted by Gasteiger charge is 2.61. The summed E-state index contributed by atoms with van der Waals surface area (Å²) in [5.74, 6) is -6.92. The topological polar surface area (TPSA) is 869 Å². The van der Waals surface area contributed by atoms with Crippen LogP contribution in [0, 0.1) is 0 Å². The van der Waals surface area contributed by atoms with Crippen molar-refractivity contribution in [1.29, 1.82) is 0 Å². The number of nitrogens with one attached hydrogen (secondary N) is 3. The Morgan fingerprint density at radius 1 is 0.306 bits per heavy atom. The molecule has 0 aromatic heterocycles. The molecule has 6 aliphatic rings. The molecular weight excluding hydrogens is 1530 g/mol. The number of hydrogen-bond acceptors (Lipinski definition) is 42. The van der Waals surface area contributed by atoms with E-state index < -0.39 is 294 Å². The Hall–Kier alpha value is -3.34. The number of rotatable bonds is 30. The first-order chi connectivity index (χ1) is 44.6. The van der Waals surface area contributed by atoms with Crippen molar-refractivity contribution in [1.82, 2.24) is 14.2 Å². The van der Waals surface area contributed by atoms with Crippen LogP contribution in [0.1, 0.15) is 0 Å². The van der Waals surface area contributed by atoms with Gasteiger partial charge in [-0.25, -0.2) is 31.1 Å². The number of aliphatic carboxylic acids is 3. The molecule has 0 aliphatic carbocycles. The van der Waals surface area contributed by atoms with Crippen LogP contribution in [0.4, 0.5) is 0 Å². The Morgan fingerprint density at radius 2 is 0.612 bits per heavy atom. The van der Waals surface area contributed by atoms with E-state index in [0.717, 1.165) is 0 Å². The average Bonchev–Trinajstić information content (AvgIpc) is 0.670. The van der Waals surface area contributed by atoms with E-state index in [-0.39, 0.29) is 0 Å². The molecule has 0 saturated carbocycles. The molecule has 62 heteroatoms. The summed E-state index contributed by atoms with van der Waals surface area (Å²) in [5, 5.41) is 141. The first kappa shape index (κ1) is 83.6. The van der Waals surface area contributed by atoms with Crippen molar-refractivity contribution in [3.8, 4) is 0 Å². The number of carboxylic acid groups (broad SMARTS) is 3. The van der Waals surface area contributed by atoms with E-state index in [0.29, 0.717) is 0 Å². The highest BCUT2D eigenvalue weighted by atomic mass is 32.3. The lowest BCUT2D eigenvalue weighted by Gasteiger charge is -2.50. The van der Waals surface area contributed by atoms with Crippen molar-refractivity contribution in [3.63, 3.8) is 0 Å². The Kier molecular flexibility index (Phi) is 27.3. The molecule has 6 saturated heterocycles. The molecule has 98 heavy (non-hydrogen) atoms. The van der Waals surface area contributed by atoms with Crippen molar-refractivity contribution in [3.05, 3.63) is 0 Å². The van der Waals surface area contributed by atoms with Gasteiger partial charge in [0.25, 0.3) is 0 Å². The molecule has 0 aromatic carbocycles. The van der Waals surface area contributed by atoms with Crippen LogP contribution in [-0.2, 0) is 156 Å². The van der Waals surface area contributed by atoms with Crippen LogP contribution in [-0.4, -0.2) is 379 Å². The van der Waals surface area contributed by atoms with E-state index >= 15 is 0 Å². The SMILES string of the molecule is O=C(O)[C@H]1O[C@H](O[C@H]2[C@H](O)[C@@H](NS(=O)(=O)O)[C@H](O[C@H]3[C@H](O)[C@@H](O)[C@@H](O[C@H]4[C@H](O)[C@@H](NS(=O)(=O)O)[C@H](O[C@H]5[C@H](O)[C@@H](OS(=O)(=O)O)[C@H](O[C@H]6[C@H](O)[C@@H](NS(=O)(=O)O)[C@H](O)O[C@@H]6COS(=O)(=O)O)O[C@H]5C(=O)O)O[C@@H]4COS(=O)(=O)O)O[C@@H]3C(=O)O)O[C@@H]2COS(=O)(=O)O)[C@H](O)[C@@H](O)[C@@H]1O. The molecule has 6 heterocycles. The van der Waals surface area contributed by atoms with E-state index in [2.05, 4.69) is 16.7 Å². The molecule has 572 valence electrons. The van der Waals surface area contributed by atoms with E-state index in [4.69, 9.17) is 56.7 Å². The third-order valence-corrected chi connectivity index (χ3v) is 17.6. The third kappa shape index (κ3) is 22.3. The Morgan fingerprint density at radius 3 is 0.969 bits per heavy atom. The summed E-state index contributed by atoms with van der Waals surface area (Å²) in [5.41, 5.74) is 0. The van der Waals surface area contributed by atoms with Crippen molar-refractivity contribution in [2.24, 2.45) is 0 Å². The maximum atomic E-state index is 13.0. The summed E-state index contributed by atoms with van der Waals surface area (Å²) in [6.45, 7) is -5.17. The molecular formula is C36H59N3O52S7. The maximum absolute atomic E-state index is 13.0. The van der Waals surface area contributed by atoms with Gasteiger partial charge in [0, 0.05) is 0 Å². The van der Waals surface area contributed by atoms with Gasteiger partial charge in [-0.1, -0.05) is 0 Å². The minimum Gasteiger partial charge on any atom is -0.479 e. The smallest absolute Gasteiger partial charge is 0.397 e. The molecule has 0 spiro atoms. The zero-order valence-electron chi connectivity index (χ0n) is 47.3. The summed E-state index contributed by atoms with van der Waals surface area (Å²) in [7, 11) is -40.4. The van der Waals surface area contributed by atoms with E-state index in [1.807, 2.05) is 0 Å². The lowest BCUT2D eigenvalue weighted by Crippen LogP contribution is -2.71. The molecule has 6 aliphatic heterocycles. The second-order valence-electron chi connectivity index (χ2n) is 20.8. The summed E-state index contributed by atoms with van der Waals surface area (Å²) >= 11 is 0. The molecule has 6 rings (SSSR count). The maximum Gasteiger partial charge on any atom is 0.397 e. The first-order valence-electron chi connectivity index (χ1n) is 26.0. The molecule has 0 radical (unpaired) electrons. The number of aliphatic hydroxyl groups is 10. The lowest BCUT2D eigenvalue weighted by molar-refractivity contribution is -0.377. The zero-order valence-corrected chi connectivity index (χ0v) is 53.0. The van der Waals surface area contributed by atoms with Crippen LogP contribution in [0.3, 0.4) is 0 Å². The predicted octanol–water partition coefficient (Wildman–Crippen LogP) is -16.3. The molecule has 0 aromatic rings. The van der Waals surface area contributed by atoms with Crippen LogP contribution >= 0.6 is 0 Å². The van der Waals surface area contributed by atoms with Crippen molar-refractivity contribution >= 4 is 90.4 Å². The number of carbonyl (C=O) groups is 3. The zero-order chi connectivity index (χ0) is 74.4. The molecule has 0 bridgehead atoms. The van der Waals surface area contributed by atoms with Crippen LogP contribution in [0.15, 0.2) is 0 Å². The van der Waals surface area contributed by atoms with Crippen molar-refractivity contribution in [2.75, 3.05) is 19.8 Å². The highest BCUT2D eigenvalue weighted by molar-refractivity contribution is 7.84. The van der Waals surface area contributed by atoms with E-state index in [1.165, 1.54) is 14.2 Å². The normalized spacial score (nSPS) is 41.3. The van der Waals surface area contributed by atoms with E-state index in [9.17, 15) is 167 Å². The molecule has 30 atom stereocenters. The van der Waals surface area contributed by atoms with Gasteiger partial charge in [0.1, 0.15) is 122 Å². The summed E-state index contributed by atoms with van der Waals surface area (Å²) in [6.07, 6.45) is -76.3. The quantitative estimate of drug-likeness (QED) is 0.0297. The number of aliphatic hydroxyl groups excluding tert-OH is 10. The summed E-state index contributed by atoms with van der Waals surface area (Å²) < 4.78 is 313. The third-order valence-electron chi connectivity index (χ3n) is 14.1. The standard InChI is InChI=1S/C36H59N3O52S7/c40-10-7(37-92(56,57)58)31(55)80-4(1-77-95(65,66)67)19(10)85-36-25(91-98(74,75)76)18(48)23(27(90-36)30(53)54)87-33-9(39-94(62,63)64)12(42)21(6(82-33)3-79-97(71,72)73)84-35-17(47)15(45)22(26(89-35)29(51)52)86-32-8(38-93(59,60)61)11(41)20(5(81-32)2-78-96(68,69)70)83-34-16(46)13(43)14(44)24(88-34)28(49)50/h4-27,31-48,55H,1-3H2,(H,49,50)(H,51,52)(H,53,54)(H,56,57,58)(H,59,60,61)(H,62,63,64)(H,65,66,67)(H,68,69,70)(H,71,72,73)(H,74,75,76)/t4-,5-,6-,7-,8-,9-,10-,11-,12-,13+,14+,15-,16-,17-,18+,19-,20-,21-,22+,23+,24+,25-,26+,27-,31-,32+,33+,34+,35+,36-/m1/s1. The number of carboxylic acids is 3. The molecule has 23 N–H and O–H groups in total. The van der Waals surface area contributed by atoms with E-state index in [1.54, 1.807) is 0 Å². The molecule has 55 nitrogen and oxygen atoms in total. The Bertz CT molecular complexity index is 3620. The Labute approximate surface area is 546 Å². The van der Waals surface area contributed by atoms with Crippen LogP contribution < -0.4 is 14.2 Å².